The van der Waals surface area contributed by atoms with Gasteiger partial charge in [0.25, 0.3) is 0 Å². The Balaban J connectivity index is 2.12. The van der Waals surface area contributed by atoms with E-state index in [-0.39, 0.29) is 0 Å². The van der Waals surface area contributed by atoms with Gasteiger partial charge in [0.1, 0.15) is 0 Å². The van der Waals surface area contributed by atoms with Gasteiger partial charge in [-0.25, -0.2) is 0 Å². The normalized spacial score (nSPS) is 14.4. The average molecular weight is 258 g/mol. The summed E-state index contributed by atoms with van der Waals surface area (Å²) in [5.41, 5.74) is 3.74. The molecule has 1 N–H and O–H groups in total. The highest BCUT2D eigenvalue weighted by Gasteiger charge is 2.23. The largest absolute Gasteiger partial charge is 0.385 e. The molecule has 2 aromatic rings. The second kappa shape index (κ2) is 5.17. The summed E-state index contributed by atoms with van der Waals surface area (Å²) in [5.74, 6) is 0. The van der Waals surface area contributed by atoms with Crippen molar-refractivity contribution in [2.75, 3.05) is 0 Å². The molecule has 1 atom stereocenters. The summed E-state index contributed by atoms with van der Waals surface area (Å²) in [6.07, 6.45) is 5.38. The topological polar surface area (TPSA) is 38.1 Å². The Kier molecular flexibility index (Phi) is 3.76. The second-order valence-corrected chi connectivity index (χ2v) is 5.67. The maximum Gasteiger partial charge on any atom is 0.0871 e. The predicted molar refractivity (Wildman–Crippen MR) is 77.0 cm³/mol. The van der Waals surface area contributed by atoms with Crippen LogP contribution in [0.2, 0.25) is 0 Å². The van der Waals surface area contributed by atoms with Crippen LogP contribution in [-0.2, 0) is 19.1 Å². The molecule has 1 heterocycles. The van der Waals surface area contributed by atoms with Gasteiger partial charge in [0, 0.05) is 13.2 Å². The fraction of sp³-hybridized carbons (Fsp3) is 0.438. The first-order valence-corrected chi connectivity index (χ1v) is 6.65. The summed E-state index contributed by atoms with van der Waals surface area (Å²) in [4.78, 5) is 0. The Morgan fingerprint density at radius 2 is 1.84 bits per heavy atom. The minimum Gasteiger partial charge on any atom is -0.385 e. The van der Waals surface area contributed by atoms with Gasteiger partial charge in [-0.2, -0.15) is 5.10 Å². The van der Waals surface area contributed by atoms with Crippen molar-refractivity contribution in [3.8, 4) is 0 Å². The van der Waals surface area contributed by atoms with E-state index >= 15 is 0 Å². The van der Waals surface area contributed by atoms with Gasteiger partial charge in [-0.1, -0.05) is 29.3 Å². The van der Waals surface area contributed by atoms with E-state index in [0.29, 0.717) is 6.42 Å². The molecule has 0 aliphatic rings. The first kappa shape index (κ1) is 13.8. The maximum absolute atomic E-state index is 10.7. The van der Waals surface area contributed by atoms with Crippen LogP contribution in [0.15, 0.2) is 30.6 Å². The molecular formula is C16H22N2O. The third-order valence-corrected chi connectivity index (χ3v) is 3.50. The Bertz CT molecular complexity index is 550. The Morgan fingerprint density at radius 3 is 2.37 bits per heavy atom. The fourth-order valence-corrected chi connectivity index (χ4v) is 2.42. The van der Waals surface area contributed by atoms with Gasteiger partial charge in [0.15, 0.2) is 0 Å². The van der Waals surface area contributed by atoms with Crippen molar-refractivity contribution < 1.29 is 5.11 Å². The van der Waals surface area contributed by atoms with Crippen LogP contribution in [0.5, 0.6) is 0 Å². The summed E-state index contributed by atoms with van der Waals surface area (Å²) in [6.45, 7) is 6.01. The molecule has 0 radical (unpaired) electrons. The third kappa shape index (κ3) is 3.44. The van der Waals surface area contributed by atoms with Crippen LogP contribution in [0, 0.1) is 13.8 Å². The average Bonchev–Trinajstić information content (AvgIpc) is 2.71. The van der Waals surface area contributed by atoms with Gasteiger partial charge < -0.3 is 5.11 Å². The van der Waals surface area contributed by atoms with E-state index in [0.717, 1.165) is 17.5 Å². The van der Waals surface area contributed by atoms with Crippen LogP contribution in [0.1, 0.15) is 35.6 Å². The molecule has 19 heavy (non-hydrogen) atoms. The molecule has 102 valence electrons. The molecule has 0 fully saturated rings. The van der Waals surface area contributed by atoms with Crippen molar-refractivity contribution in [1.29, 1.82) is 0 Å². The summed E-state index contributed by atoms with van der Waals surface area (Å²) in [6, 6.07) is 6.26. The monoisotopic (exact) mass is 258 g/mol. The molecule has 1 aromatic heterocycles. The quantitative estimate of drug-likeness (QED) is 0.915. The standard InChI is InChI=1S/C16H22N2O/c1-12-7-13(2)9-15(8-12)16(3,19)6-5-14-10-17-18(4)11-14/h7-11,19H,5-6H2,1-4H3. The molecule has 0 saturated carbocycles. The molecule has 1 aromatic carbocycles. The molecule has 1 unspecified atom stereocenters. The predicted octanol–water partition coefficient (Wildman–Crippen LogP) is 2.88. The number of nitrogens with zero attached hydrogens (tertiary/aromatic N) is 2. The lowest BCUT2D eigenvalue weighted by atomic mass is 9.88. The lowest BCUT2D eigenvalue weighted by Crippen LogP contribution is -2.22. The molecule has 2 rings (SSSR count). The fourth-order valence-electron chi connectivity index (χ4n) is 2.42. The van der Waals surface area contributed by atoms with Gasteiger partial charge in [-0.3, -0.25) is 4.68 Å². The van der Waals surface area contributed by atoms with Crippen LogP contribution in [0.25, 0.3) is 0 Å². The van der Waals surface area contributed by atoms with Gasteiger partial charge >= 0.3 is 0 Å². The molecular weight excluding hydrogens is 236 g/mol. The van der Waals surface area contributed by atoms with E-state index in [1.165, 1.54) is 11.1 Å². The maximum atomic E-state index is 10.7. The minimum absolute atomic E-state index is 0.696. The first-order chi connectivity index (χ1) is 8.87. The van der Waals surface area contributed by atoms with E-state index in [1.54, 1.807) is 4.68 Å². The zero-order valence-electron chi connectivity index (χ0n) is 12.1. The molecule has 3 nitrogen and oxygen atoms in total. The van der Waals surface area contributed by atoms with Crippen molar-refractivity contribution in [3.63, 3.8) is 0 Å². The molecule has 0 saturated heterocycles. The molecule has 0 aliphatic heterocycles. The molecule has 0 bridgehead atoms. The highest BCUT2D eigenvalue weighted by molar-refractivity contribution is 5.32. The molecule has 0 spiro atoms. The van der Waals surface area contributed by atoms with E-state index in [2.05, 4.69) is 37.1 Å². The lowest BCUT2D eigenvalue weighted by molar-refractivity contribution is 0.0479. The van der Waals surface area contributed by atoms with Crippen LogP contribution in [0.3, 0.4) is 0 Å². The van der Waals surface area contributed by atoms with E-state index in [9.17, 15) is 5.11 Å². The Morgan fingerprint density at radius 1 is 1.21 bits per heavy atom. The van der Waals surface area contributed by atoms with Crippen molar-refractivity contribution in [2.24, 2.45) is 7.05 Å². The van der Waals surface area contributed by atoms with Crippen LogP contribution < -0.4 is 0 Å². The number of hydrogen-bond acceptors (Lipinski definition) is 2. The van der Waals surface area contributed by atoms with Crippen molar-refractivity contribution in [1.82, 2.24) is 9.78 Å². The lowest BCUT2D eigenvalue weighted by Gasteiger charge is -2.24. The van der Waals surface area contributed by atoms with Crippen molar-refractivity contribution in [2.45, 2.75) is 39.2 Å². The number of hydrogen-bond donors (Lipinski definition) is 1. The number of rotatable bonds is 4. The third-order valence-electron chi connectivity index (χ3n) is 3.50. The highest BCUT2D eigenvalue weighted by atomic mass is 16.3. The number of aliphatic hydroxyl groups is 1. The van der Waals surface area contributed by atoms with Gasteiger partial charge in [0.05, 0.1) is 11.8 Å². The van der Waals surface area contributed by atoms with Crippen molar-refractivity contribution >= 4 is 0 Å². The zero-order valence-corrected chi connectivity index (χ0v) is 12.1. The highest BCUT2D eigenvalue weighted by Crippen LogP contribution is 2.27. The van der Waals surface area contributed by atoms with Crippen molar-refractivity contribution in [3.05, 3.63) is 52.8 Å². The van der Waals surface area contributed by atoms with Gasteiger partial charge in [-0.15, -0.1) is 0 Å². The summed E-state index contributed by atoms with van der Waals surface area (Å²) in [7, 11) is 1.91. The summed E-state index contributed by atoms with van der Waals surface area (Å²) in [5, 5.41) is 14.8. The number of aryl methyl sites for hydroxylation is 4. The zero-order chi connectivity index (χ0) is 14.0. The Hall–Kier alpha value is -1.61. The molecule has 3 heteroatoms. The van der Waals surface area contributed by atoms with Gasteiger partial charge in [-0.05, 0) is 44.7 Å². The van der Waals surface area contributed by atoms with Gasteiger partial charge in [0.2, 0.25) is 0 Å². The Labute approximate surface area is 114 Å². The molecule has 0 aliphatic carbocycles. The summed E-state index contributed by atoms with van der Waals surface area (Å²) < 4.78 is 1.79. The second-order valence-electron chi connectivity index (χ2n) is 5.67. The SMILES string of the molecule is Cc1cc(C)cc(C(C)(O)CCc2cnn(C)c2)c1. The first-order valence-electron chi connectivity index (χ1n) is 6.65. The van der Waals surface area contributed by atoms with Crippen LogP contribution in [-0.4, -0.2) is 14.9 Å². The minimum atomic E-state index is -0.799. The number of aromatic nitrogens is 2. The van der Waals surface area contributed by atoms with E-state index in [1.807, 2.05) is 26.4 Å². The van der Waals surface area contributed by atoms with Crippen LogP contribution >= 0.6 is 0 Å². The van der Waals surface area contributed by atoms with Crippen LogP contribution in [0.4, 0.5) is 0 Å². The summed E-state index contributed by atoms with van der Waals surface area (Å²) >= 11 is 0. The smallest absolute Gasteiger partial charge is 0.0871 e. The number of benzene rings is 1. The molecule has 0 amide bonds. The van der Waals surface area contributed by atoms with E-state index < -0.39 is 5.60 Å². The van der Waals surface area contributed by atoms with E-state index in [4.69, 9.17) is 0 Å².